The lowest BCUT2D eigenvalue weighted by Crippen LogP contribution is -2.24. The Balaban J connectivity index is 1.90. The number of carbonyl (C=O) groups excluding carboxylic acids is 1. The molecule has 192 valence electrons. The molecule has 0 spiro atoms. The summed E-state index contributed by atoms with van der Waals surface area (Å²) >= 11 is 0. The van der Waals surface area contributed by atoms with E-state index in [0.717, 1.165) is 6.92 Å². The van der Waals surface area contributed by atoms with E-state index in [4.69, 9.17) is 5.73 Å². The number of halogens is 2. The first-order valence-corrected chi connectivity index (χ1v) is 11.8. The SMILES string of the molecule is CN=C(N)c1ccc(C#N)cc1-c1cc(C#CCN(C)C)nc(N2Cc3c(cccc3C(C)(F)F)C2=O)c1. The zero-order valence-electron chi connectivity index (χ0n) is 21.5. The molecule has 7 nitrogen and oxygen atoms in total. The molecule has 4 rings (SSSR count). The van der Waals surface area contributed by atoms with E-state index in [2.05, 4.69) is 27.9 Å². The number of rotatable bonds is 5. The molecule has 2 N–H and O–H groups in total. The van der Waals surface area contributed by atoms with Gasteiger partial charge in [-0.2, -0.15) is 5.26 Å². The van der Waals surface area contributed by atoms with Gasteiger partial charge in [-0.05, 0) is 73.1 Å². The minimum atomic E-state index is -3.11. The van der Waals surface area contributed by atoms with Crippen LogP contribution in [0.2, 0.25) is 0 Å². The van der Waals surface area contributed by atoms with Crippen LogP contribution in [-0.2, 0) is 12.5 Å². The zero-order chi connectivity index (χ0) is 27.6. The van der Waals surface area contributed by atoms with Gasteiger partial charge in [0.25, 0.3) is 11.8 Å². The molecule has 9 heteroatoms. The van der Waals surface area contributed by atoms with E-state index in [0.29, 0.717) is 34.5 Å². The molecule has 3 aromatic rings. The van der Waals surface area contributed by atoms with Crippen LogP contribution in [-0.4, -0.2) is 49.3 Å². The molecule has 1 aliphatic heterocycles. The first-order valence-electron chi connectivity index (χ1n) is 11.8. The lowest BCUT2D eigenvalue weighted by molar-refractivity contribution is 0.0166. The third-order valence-corrected chi connectivity index (χ3v) is 6.12. The van der Waals surface area contributed by atoms with Crippen molar-refractivity contribution in [3.8, 4) is 29.0 Å². The molecule has 0 atom stereocenters. The standard InChI is InChI=1S/C29H26F2N6O/c1-29(30,31)25-9-5-8-22-24(25)17-37(28(22)38)26-15-19(14-20(35-26)7-6-12-36(3)4)23-13-18(16-32)10-11-21(23)27(33)34-2/h5,8-11,13-15H,12,17H2,1-4H3,(H2,33,34). The van der Waals surface area contributed by atoms with E-state index < -0.39 is 11.8 Å². The number of benzene rings is 2. The molecule has 0 saturated carbocycles. The maximum atomic E-state index is 14.3. The molecule has 1 aromatic heterocycles. The normalized spacial score (nSPS) is 13.3. The summed E-state index contributed by atoms with van der Waals surface area (Å²) in [5, 5.41) is 9.51. The second-order valence-corrected chi connectivity index (χ2v) is 9.23. The number of hydrogen-bond donors (Lipinski definition) is 1. The Labute approximate surface area is 220 Å². The molecule has 0 unspecified atom stereocenters. The van der Waals surface area contributed by atoms with Crippen molar-refractivity contribution in [3.63, 3.8) is 0 Å². The summed E-state index contributed by atoms with van der Waals surface area (Å²) in [5.74, 6) is 3.05. The summed E-state index contributed by atoms with van der Waals surface area (Å²) in [6, 6.07) is 14.9. The molecular weight excluding hydrogens is 486 g/mol. The van der Waals surface area contributed by atoms with Crippen LogP contribution in [0.25, 0.3) is 11.1 Å². The minimum Gasteiger partial charge on any atom is -0.383 e. The molecule has 0 saturated heterocycles. The van der Waals surface area contributed by atoms with Crippen LogP contribution in [0.4, 0.5) is 14.6 Å². The van der Waals surface area contributed by atoms with Gasteiger partial charge in [0.2, 0.25) is 0 Å². The smallest absolute Gasteiger partial charge is 0.270 e. The van der Waals surface area contributed by atoms with Crippen LogP contribution in [0.1, 0.15) is 45.2 Å². The topological polar surface area (TPSA) is 98.6 Å². The number of nitrogens with zero attached hydrogens (tertiary/aromatic N) is 5. The molecule has 38 heavy (non-hydrogen) atoms. The highest BCUT2D eigenvalue weighted by Gasteiger charge is 2.37. The number of hydrogen-bond acceptors (Lipinski definition) is 5. The predicted octanol–water partition coefficient (Wildman–Crippen LogP) is 4.14. The highest BCUT2D eigenvalue weighted by molar-refractivity contribution is 6.10. The van der Waals surface area contributed by atoms with Crippen LogP contribution in [0.5, 0.6) is 0 Å². The molecule has 0 radical (unpaired) electrons. The first kappa shape index (κ1) is 26.5. The van der Waals surface area contributed by atoms with Crippen molar-refractivity contribution in [1.29, 1.82) is 5.26 Å². The van der Waals surface area contributed by atoms with Crippen LogP contribution >= 0.6 is 0 Å². The fraction of sp³-hybridized carbons (Fsp3) is 0.241. The van der Waals surface area contributed by atoms with Crippen molar-refractivity contribution >= 4 is 17.6 Å². The first-order chi connectivity index (χ1) is 18.0. The molecule has 0 fully saturated rings. The Morgan fingerprint density at radius 1 is 1.21 bits per heavy atom. The van der Waals surface area contributed by atoms with E-state index >= 15 is 0 Å². The highest BCUT2D eigenvalue weighted by atomic mass is 19.3. The van der Waals surface area contributed by atoms with Crippen molar-refractivity contribution in [2.75, 3.05) is 32.6 Å². The van der Waals surface area contributed by atoms with Crippen molar-refractivity contribution in [3.05, 3.63) is 82.0 Å². The second-order valence-electron chi connectivity index (χ2n) is 9.23. The van der Waals surface area contributed by atoms with Gasteiger partial charge in [0, 0.05) is 30.7 Å². The number of fused-ring (bicyclic) bond motifs is 1. The van der Waals surface area contributed by atoms with Crippen molar-refractivity contribution < 1.29 is 13.6 Å². The van der Waals surface area contributed by atoms with Gasteiger partial charge >= 0.3 is 0 Å². The molecule has 0 bridgehead atoms. The molecule has 2 aromatic carbocycles. The average Bonchev–Trinajstić information content (AvgIpc) is 3.23. The fourth-order valence-electron chi connectivity index (χ4n) is 4.29. The molecule has 2 heterocycles. The van der Waals surface area contributed by atoms with Gasteiger partial charge < -0.3 is 5.73 Å². The number of anilines is 1. The predicted molar refractivity (Wildman–Crippen MR) is 143 cm³/mol. The van der Waals surface area contributed by atoms with Crippen LogP contribution in [0.3, 0.4) is 0 Å². The number of amidine groups is 1. The van der Waals surface area contributed by atoms with Gasteiger partial charge in [-0.3, -0.25) is 19.6 Å². The number of aliphatic imine (C=N–C) groups is 1. The molecular formula is C29H26F2N6O. The Kier molecular flexibility index (Phi) is 7.25. The monoisotopic (exact) mass is 512 g/mol. The Morgan fingerprint density at radius 2 is 1.97 bits per heavy atom. The largest absolute Gasteiger partial charge is 0.383 e. The van der Waals surface area contributed by atoms with Crippen LogP contribution in [0.15, 0.2) is 53.5 Å². The van der Waals surface area contributed by atoms with Gasteiger partial charge in [-0.25, -0.2) is 13.8 Å². The lowest BCUT2D eigenvalue weighted by Gasteiger charge is -2.18. The maximum Gasteiger partial charge on any atom is 0.270 e. The number of nitrogens with two attached hydrogens (primary N) is 1. The number of carbonyl (C=O) groups is 1. The Bertz CT molecular complexity index is 1550. The third-order valence-electron chi connectivity index (χ3n) is 6.12. The third kappa shape index (κ3) is 5.24. The second kappa shape index (κ2) is 10.4. The van der Waals surface area contributed by atoms with E-state index in [1.165, 1.54) is 17.0 Å². The van der Waals surface area contributed by atoms with E-state index in [1.54, 1.807) is 43.4 Å². The summed E-state index contributed by atoms with van der Waals surface area (Å²) in [6.07, 6.45) is 0. The number of aromatic nitrogens is 1. The van der Waals surface area contributed by atoms with Crippen LogP contribution in [0, 0.1) is 23.2 Å². The lowest BCUT2D eigenvalue weighted by atomic mass is 9.96. The quantitative estimate of drug-likeness (QED) is 0.315. The van der Waals surface area contributed by atoms with Gasteiger partial charge in [0.05, 0.1) is 24.7 Å². The molecule has 0 aliphatic carbocycles. The fourth-order valence-corrected chi connectivity index (χ4v) is 4.29. The van der Waals surface area contributed by atoms with Gasteiger partial charge in [0.1, 0.15) is 17.3 Å². The summed E-state index contributed by atoms with van der Waals surface area (Å²) in [4.78, 5) is 25.3. The number of amides is 1. The number of alkyl halides is 2. The van der Waals surface area contributed by atoms with Gasteiger partial charge in [0.15, 0.2) is 0 Å². The Morgan fingerprint density at radius 3 is 2.63 bits per heavy atom. The number of nitriles is 1. The van der Waals surface area contributed by atoms with Crippen LogP contribution < -0.4 is 10.6 Å². The van der Waals surface area contributed by atoms with E-state index in [9.17, 15) is 18.8 Å². The molecule has 1 aliphatic rings. The van der Waals surface area contributed by atoms with Crippen molar-refractivity contribution in [2.45, 2.75) is 19.4 Å². The molecule has 1 amide bonds. The Hall–Kier alpha value is -4.60. The van der Waals surface area contributed by atoms with Gasteiger partial charge in [-0.1, -0.05) is 18.1 Å². The highest BCUT2D eigenvalue weighted by Crippen LogP contribution is 2.38. The summed E-state index contributed by atoms with van der Waals surface area (Å²) in [5.41, 5.74) is 9.04. The van der Waals surface area contributed by atoms with Crippen molar-refractivity contribution in [2.24, 2.45) is 10.7 Å². The summed E-state index contributed by atoms with van der Waals surface area (Å²) in [6.45, 7) is 1.24. The van der Waals surface area contributed by atoms with E-state index in [1.807, 2.05) is 19.0 Å². The summed E-state index contributed by atoms with van der Waals surface area (Å²) < 4.78 is 28.7. The number of pyridine rings is 1. The maximum absolute atomic E-state index is 14.3. The zero-order valence-corrected chi connectivity index (χ0v) is 21.5. The summed E-state index contributed by atoms with van der Waals surface area (Å²) in [7, 11) is 5.34. The average molecular weight is 513 g/mol. The van der Waals surface area contributed by atoms with E-state index in [-0.39, 0.29) is 34.9 Å². The minimum absolute atomic E-state index is 0.0571. The van der Waals surface area contributed by atoms with Gasteiger partial charge in [-0.15, -0.1) is 0 Å². The van der Waals surface area contributed by atoms with Crippen molar-refractivity contribution in [1.82, 2.24) is 9.88 Å².